The van der Waals surface area contributed by atoms with Crippen molar-refractivity contribution in [2.45, 2.75) is 12.8 Å². The molecular weight excluding hydrogens is 212 g/mol. The Morgan fingerprint density at radius 1 is 1.24 bits per heavy atom. The fraction of sp³-hybridized carbons (Fsp3) is 0.286. The van der Waals surface area contributed by atoms with Crippen LogP contribution in [0.1, 0.15) is 12.1 Å². The van der Waals surface area contributed by atoms with Crippen molar-refractivity contribution in [3.63, 3.8) is 0 Å². The summed E-state index contributed by atoms with van der Waals surface area (Å²) in [5.74, 6) is 0.267. The van der Waals surface area contributed by atoms with E-state index < -0.39 is 0 Å². The summed E-state index contributed by atoms with van der Waals surface area (Å²) < 4.78 is 0. The predicted molar refractivity (Wildman–Crippen MR) is 66.6 cm³/mol. The van der Waals surface area contributed by atoms with E-state index in [2.05, 4.69) is 16.4 Å². The average Bonchev–Trinajstić information content (AvgIpc) is 2.75. The second kappa shape index (κ2) is 4.17. The van der Waals surface area contributed by atoms with Crippen LogP contribution in [0.2, 0.25) is 0 Å². The van der Waals surface area contributed by atoms with Crippen molar-refractivity contribution in [3.8, 4) is 0 Å². The molecule has 1 saturated heterocycles. The van der Waals surface area contributed by atoms with Crippen molar-refractivity contribution in [2.75, 3.05) is 6.54 Å². The molecule has 1 amide bonds. The van der Waals surface area contributed by atoms with Gasteiger partial charge in [0, 0.05) is 30.0 Å². The van der Waals surface area contributed by atoms with Gasteiger partial charge in [-0.05, 0) is 18.6 Å². The van der Waals surface area contributed by atoms with E-state index in [9.17, 15) is 4.79 Å². The molecule has 3 heteroatoms. The minimum absolute atomic E-state index is 0.101. The van der Waals surface area contributed by atoms with E-state index >= 15 is 0 Å². The maximum atomic E-state index is 11.5. The zero-order chi connectivity index (χ0) is 11.7. The lowest BCUT2D eigenvalue weighted by molar-refractivity contribution is -0.122. The van der Waals surface area contributed by atoms with E-state index in [4.69, 9.17) is 0 Å². The van der Waals surface area contributed by atoms with Gasteiger partial charge < -0.3 is 5.32 Å². The first-order chi connectivity index (χ1) is 8.33. The van der Waals surface area contributed by atoms with Gasteiger partial charge in [0.15, 0.2) is 0 Å². The molecule has 1 aliphatic heterocycles. The van der Waals surface area contributed by atoms with Gasteiger partial charge >= 0.3 is 0 Å². The minimum atomic E-state index is 0.101. The molecule has 3 nitrogen and oxygen atoms in total. The lowest BCUT2D eigenvalue weighted by Gasteiger charge is -2.06. The molecule has 3 rings (SSSR count). The maximum Gasteiger partial charge on any atom is 0.223 e. The number of hydrogen-bond acceptors (Lipinski definition) is 2. The van der Waals surface area contributed by atoms with Gasteiger partial charge in [0.1, 0.15) is 0 Å². The lowest BCUT2D eigenvalue weighted by Crippen LogP contribution is -2.20. The summed E-state index contributed by atoms with van der Waals surface area (Å²) in [6, 6.07) is 12.1. The molecule has 1 unspecified atom stereocenters. The summed E-state index contributed by atoms with van der Waals surface area (Å²) in [6.45, 7) is 0.803. The second-order valence-corrected chi connectivity index (χ2v) is 4.48. The highest BCUT2D eigenvalue weighted by Crippen LogP contribution is 2.18. The molecule has 1 aliphatic rings. The number of carbonyl (C=O) groups excluding carboxylic acids is 1. The van der Waals surface area contributed by atoms with Gasteiger partial charge in [0.05, 0.1) is 5.52 Å². The van der Waals surface area contributed by atoms with E-state index in [1.165, 1.54) is 0 Å². The molecule has 1 N–H and O–H groups in total. The smallest absolute Gasteiger partial charge is 0.223 e. The van der Waals surface area contributed by atoms with Crippen molar-refractivity contribution < 1.29 is 4.79 Å². The van der Waals surface area contributed by atoms with Crippen LogP contribution in [0.25, 0.3) is 10.9 Å². The van der Waals surface area contributed by atoms with Crippen molar-refractivity contribution in [1.29, 1.82) is 0 Å². The average molecular weight is 226 g/mol. The molecule has 0 bridgehead atoms. The zero-order valence-corrected chi connectivity index (χ0v) is 9.52. The standard InChI is InChI=1S/C14H14N2O/c17-14-11(7-8-15-14)9-12-6-5-10-3-1-2-4-13(10)16-12/h1-6,11H,7-9H2,(H,15,17). The summed E-state index contributed by atoms with van der Waals surface area (Å²) in [5.41, 5.74) is 2.01. The van der Waals surface area contributed by atoms with Gasteiger partial charge in [0.25, 0.3) is 0 Å². The van der Waals surface area contributed by atoms with Crippen LogP contribution in [0, 0.1) is 5.92 Å². The number of pyridine rings is 1. The van der Waals surface area contributed by atoms with Crippen LogP contribution >= 0.6 is 0 Å². The number of fused-ring (bicyclic) bond motifs is 1. The number of benzene rings is 1. The van der Waals surface area contributed by atoms with Crippen LogP contribution < -0.4 is 5.32 Å². The number of nitrogens with one attached hydrogen (secondary N) is 1. The summed E-state index contributed by atoms with van der Waals surface area (Å²) in [6.07, 6.45) is 1.67. The highest BCUT2D eigenvalue weighted by molar-refractivity contribution is 5.81. The molecule has 0 radical (unpaired) electrons. The fourth-order valence-corrected chi connectivity index (χ4v) is 2.31. The third-order valence-electron chi connectivity index (χ3n) is 3.27. The largest absolute Gasteiger partial charge is 0.356 e. The van der Waals surface area contributed by atoms with Crippen LogP contribution in [-0.2, 0) is 11.2 Å². The Hall–Kier alpha value is -1.90. The summed E-state index contributed by atoms with van der Waals surface area (Å²) in [7, 11) is 0. The maximum absolute atomic E-state index is 11.5. The van der Waals surface area contributed by atoms with Crippen molar-refractivity contribution in [1.82, 2.24) is 10.3 Å². The van der Waals surface area contributed by atoms with E-state index in [1.54, 1.807) is 0 Å². The van der Waals surface area contributed by atoms with Gasteiger partial charge in [-0.15, -0.1) is 0 Å². The van der Waals surface area contributed by atoms with Crippen molar-refractivity contribution in [2.24, 2.45) is 5.92 Å². The van der Waals surface area contributed by atoms with E-state index in [0.717, 1.165) is 36.0 Å². The summed E-state index contributed by atoms with van der Waals surface area (Å²) in [4.78, 5) is 16.1. The minimum Gasteiger partial charge on any atom is -0.356 e. The van der Waals surface area contributed by atoms with Gasteiger partial charge in [-0.3, -0.25) is 9.78 Å². The molecular formula is C14H14N2O. The first-order valence-electron chi connectivity index (χ1n) is 5.95. The molecule has 17 heavy (non-hydrogen) atoms. The van der Waals surface area contributed by atoms with Crippen LogP contribution in [0.4, 0.5) is 0 Å². The Balaban J connectivity index is 1.88. The third-order valence-corrected chi connectivity index (χ3v) is 3.27. The third kappa shape index (κ3) is 2.00. The molecule has 2 heterocycles. The molecule has 86 valence electrons. The molecule has 1 aromatic carbocycles. The number of rotatable bonds is 2. The molecule has 0 spiro atoms. The van der Waals surface area contributed by atoms with Gasteiger partial charge in [0.2, 0.25) is 5.91 Å². The van der Waals surface area contributed by atoms with Crippen LogP contribution in [0.5, 0.6) is 0 Å². The van der Waals surface area contributed by atoms with Gasteiger partial charge in [-0.1, -0.05) is 24.3 Å². The number of nitrogens with zero attached hydrogens (tertiary/aromatic N) is 1. The number of para-hydroxylation sites is 1. The Labute approximate surface area is 99.9 Å². The number of hydrogen-bond donors (Lipinski definition) is 1. The number of carbonyl (C=O) groups is 1. The van der Waals surface area contributed by atoms with Crippen LogP contribution in [0.3, 0.4) is 0 Å². The molecule has 1 fully saturated rings. The fourth-order valence-electron chi connectivity index (χ4n) is 2.31. The Bertz CT molecular complexity index is 565. The summed E-state index contributed by atoms with van der Waals surface area (Å²) >= 11 is 0. The highest BCUT2D eigenvalue weighted by Gasteiger charge is 2.24. The lowest BCUT2D eigenvalue weighted by atomic mass is 10.0. The second-order valence-electron chi connectivity index (χ2n) is 4.48. The van der Waals surface area contributed by atoms with Crippen LogP contribution in [-0.4, -0.2) is 17.4 Å². The zero-order valence-electron chi connectivity index (χ0n) is 9.52. The monoisotopic (exact) mass is 226 g/mol. The molecule has 2 aromatic rings. The van der Waals surface area contributed by atoms with Gasteiger partial charge in [-0.25, -0.2) is 0 Å². The molecule has 1 atom stereocenters. The van der Waals surface area contributed by atoms with E-state index in [0.29, 0.717) is 0 Å². The Kier molecular flexibility index (Phi) is 2.52. The Morgan fingerprint density at radius 3 is 2.94 bits per heavy atom. The molecule has 0 aliphatic carbocycles. The van der Waals surface area contributed by atoms with E-state index in [1.807, 2.05) is 30.3 Å². The number of aromatic nitrogens is 1. The number of amides is 1. The predicted octanol–water partition coefficient (Wildman–Crippen LogP) is 1.91. The van der Waals surface area contributed by atoms with Crippen molar-refractivity contribution >= 4 is 16.8 Å². The normalized spacial score (nSPS) is 19.5. The Morgan fingerprint density at radius 2 is 2.12 bits per heavy atom. The van der Waals surface area contributed by atoms with Gasteiger partial charge in [-0.2, -0.15) is 0 Å². The van der Waals surface area contributed by atoms with Crippen LogP contribution in [0.15, 0.2) is 36.4 Å². The first kappa shape index (κ1) is 10.3. The van der Waals surface area contributed by atoms with E-state index in [-0.39, 0.29) is 11.8 Å². The SMILES string of the molecule is O=C1NCCC1Cc1ccc2ccccc2n1. The molecule has 1 aromatic heterocycles. The highest BCUT2D eigenvalue weighted by atomic mass is 16.2. The summed E-state index contributed by atoms with van der Waals surface area (Å²) in [5, 5.41) is 4.01. The first-order valence-corrected chi connectivity index (χ1v) is 5.95. The topological polar surface area (TPSA) is 42.0 Å². The van der Waals surface area contributed by atoms with Crippen molar-refractivity contribution in [3.05, 3.63) is 42.1 Å². The quantitative estimate of drug-likeness (QED) is 0.850. The molecule has 0 saturated carbocycles.